The Morgan fingerprint density at radius 3 is 2.46 bits per heavy atom. The molecule has 8 nitrogen and oxygen atoms in total. The van der Waals surface area contributed by atoms with Gasteiger partial charge < -0.3 is 15.0 Å². The molecule has 1 aromatic heterocycles. The van der Waals surface area contributed by atoms with Crippen LogP contribution in [0.15, 0.2) is 18.2 Å². The van der Waals surface area contributed by atoms with Gasteiger partial charge in [-0.2, -0.15) is 15.5 Å². The summed E-state index contributed by atoms with van der Waals surface area (Å²) in [4.78, 5) is 24.7. The molecule has 0 saturated heterocycles. The van der Waals surface area contributed by atoms with Gasteiger partial charge in [0.2, 0.25) is 11.8 Å². The summed E-state index contributed by atoms with van der Waals surface area (Å²) in [5.41, 5.74) is 3.51. The summed E-state index contributed by atoms with van der Waals surface area (Å²) < 4.78 is 6.46. The second-order valence-electron chi connectivity index (χ2n) is 10.6. The topological polar surface area (TPSA) is 115 Å². The van der Waals surface area contributed by atoms with Crippen LogP contribution in [0.25, 0.3) is 6.08 Å². The number of allylic oxidation sites excluding steroid dienone is 1. The van der Waals surface area contributed by atoms with Gasteiger partial charge in [0.15, 0.2) is 0 Å². The van der Waals surface area contributed by atoms with E-state index in [1.54, 1.807) is 6.08 Å². The number of carbonyl (C=O) groups excluding carboxylic acids is 1. The predicted octanol–water partition coefficient (Wildman–Crippen LogP) is 4.96. The smallest absolute Gasteiger partial charge is 0.273 e. The van der Waals surface area contributed by atoms with Gasteiger partial charge in [-0.15, -0.1) is 0 Å². The van der Waals surface area contributed by atoms with E-state index in [0.29, 0.717) is 23.3 Å². The van der Waals surface area contributed by atoms with Crippen molar-refractivity contribution in [3.8, 4) is 23.8 Å². The van der Waals surface area contributed by atoms with Crippen molar-refractivity contribution in [2.24, 2.45) is 5.41 Å². The zero-order valence-corrected chi connectivity index (χ0v) is 20.1. The minimum Gasteiger partial charge on any atom is -0.438 e. The van der Waals surface area contributed by atoms with Crippen molar-refractivity contribution in [1.29, 1.82) is 10.5 Å². The van der Waals surface area contributed by atoms with Gasteiger partial charge in [0.25, 0.3) is 5.91 Å². The molecule has 1 N–H and O–H groups in total. The van der Waals surface area contributed by atoms with Crippen molar-refractivity contribution in [3.05, 3.63) is 46.2 Å². The fourth-order valence-corrected chi connectivity index (χ4v) is 6.14. The van der Waals surface area contributed by atoms with E-state index in [2.05, 4.69) is 16.4 Å². The van der Waals surface area contributed by atoms with Crippen LogP contribution in [0.3, 0.4) is 0 Å². The number of aryl methyl sites for hydroxylation is 2. The molecule has 1 aromatic carbocycles. The second-order valence-corrected chi connectivity index (χ2v) is 10.6. The third kappa shape index (κ3) is 3.28. The van der Waals surface area contributed by atoms with Gasteiger partial charge in [-0.3, -0.25) is 4.79 Å². The van der Waals surface area contributed by atoms with Crippen LogP contribution < -0.4 is 10.1 Å². The minimum atomic E-state index is -0.202. The van der Waals surface area contributed by atoms with Crippen LogP contribution in [0, 0.1) is 41.9 Å². The van der Waals surface area contributed by atoms with Crippen LogP contribution >= 0.6 is 0 Å². The van der Waals surface area contributed by atoms with Crippen molar-refractivity contribution < 1.29 is 9.53 Å². The number of amides is 1. The number of anilines is 1. The molecule has 35 heavy (non-hydrogen) atoms. The molecule has 2 bridgehead atoms. The first-order chi connectivity index (χ1) is 16.8. The second kappa shape index (κ2) is 7.29. The van der Waals surface area contributed by atoms with Crippen LogP contribution in [-0.4, -0.2) is 32.4 Å². The lowest BCUT2D eigenvalue weighted by atomic mass is 9.40. The number of nitriles is 2. The number of fused-ring (bicyclic) bond motifs is 1. The SMILES string of the molecule is Cc1cc(/C=C/C#N)cc(C)c1Oc1nc(NC23CC(C#N)(C2)C3)nc2c1[C@@H](C)N(C1CC1)C2=O. The van der Waals surface area contributed by atoms with Crippen LogP contribution in [0.5, 0.6) is 11.6 Å². The molecule has 4 aliphatic carbocycles. The molecule has 5 aliphatic rings. The molecule has 2 aromatic rings. The molecule has 1 amide bonds. The number of ether oxygens (including phenoxy) is 1. The molecule has 8 heteroatoms. The summed E-state index contributed by atoms with van der Waals surface area (Å²) in [7, 11) is 0. The lowest BCUT2D eigenvalue weighted by Crippen LogP contribution is -2.70. The molecule has 4 fully saturated rings. The molecule has 1 atom stereocenters. The van der Waals surface area contributed by atoms with Gasteiger partial charge in [0, 0.05) is 17.7 Å². The van der Waals surface area contributed by atoms with Crippen molar-refractivity contribution in [2.45, 2.75) is 70.5 Å². The fraction of sp³-hybridized carbons (Fsp3) is 0.444. The quantitative estimate of drug-likeness (QED) is 0.598. The third-order valence-corrected chi connectivity index (χ3v) is 7.80. The summed E-state index contributed by atoms with van der Waals surface area (Å²) in [6, 6.07) is 8.45. The first-order valence-electron chi connectivity index (χ1n) is 12.1. The van der Waals surface area contributed by atoms with E-state index in [0.717, 1.165) is 54.4 Å². The molecule has 4 saturated carbocycles. The van der Waals surface area contributed by atoms with E-state index in [4.69, 9.17) is 15.0 Å². The summed E-state index contributed by atoms with van der Waals surface area (Å²) in [5.74, 6) is 1.40. The van der Waals surface area contributed by atoms with Gasteiger partial charge in [0.1, 0.15) is 11.4 Å². The highest BCUT2D eigenvalue weighted by Crippen LogP contribution is 2.67. The Kier molecular flexibility index (Phi) is 4.50. The van der Waals surface area contributed by atoms with Crippen LogP contribution in [0.2, 0.25) is 0 Å². The maximum atomic E-state index is 13.4. The largest absolute Gasteiger partial charge is 0.438 e. The van der Waals surface area contributed by atoms with Gasteiger partial charge in [-0.05, 0) is 87.8 Å². The minimum absolute atomic E-state index is 0.0678. The van der Waals surface area contributed by atoms with Crippen molar-refractivity contribution in [3.63, 3.8) is 0 Å². The highest BCUT2D eigenvalue weighted by Gasteiger charge is 2.69. The van der Waals surface area contributed by atoms with Crippen molar-refractivity contribution in [1.82, 2.24) is 14.9 Å². The van der Waals surface area contributed by atoms with E-state index < -0.39 is 0 Å². The number of rotatable bonds is 6. The van der Waals surface area contributed by atoms with Crippen molar-refractivity contribution >= 4 is 17.9 Å². The normalized spacial score (nSPS) is 28.1. The van der Waals surface area contributed by atoms with Crippen molar-refractivity contribution in [2.75, 3.05) is 5.32 Å². The Hall–Kier alpha value is -3.91. The maximum absolute atomic E-state index is 13.4. The zero-order chi connectivity index (χ0) is 24.5. The molecule has 176 valence electrons. The number of nitrogens with one attached hydrogen (secondary N) is 1. The molecule has 0 unspecified atom stereocenters. The third-order valence-electron chi connectivity index (χ3n) is 7.80. The summed E-state index contributed by atoms with van der Waals surface area (Å²) in [6.07, 6.45) is 7.57. The number of benzene rings is 1. The van der Waals surface area contributed by atoms with E-state index >= 15 is 0 Å². The van der Waals surface area contributed by atoms with Gasteiger partial charge in [-0.1, -0.05) is 0 Å². The molecule has 1 aliphatic heterocycles. The average molecular weight is 467 g/mol. The lowest BCUT2D eigenvalue weighted by Gasteiger charge is -2.66. The van der Waals surface area contributed by atoms with Crippen LogP contribution in [0.4, 0.5) is 5.95 Å². The van der Waals surface area contributed by atoms with E-state index in [1.807, 2.05) is 43.9 Å². The molecule has 0 radical (unpaired) electrons. The Morgan fingerprint density at radius 1 is 1.17 bits per heavy atom. The Labute approximate surface area is 204 Å². The van der Waals surface area contributed by atoms with Gasteiger partial charge in [0.05, 0.1) is 29.2 Å². The average Bonchev–Trinajstić information content (AvgIpc) is 3.57. The maximum Gasteiger partial charge on any atom is 0.273 e. The standard InChI is InChI=1S/C27H26N6O2/c1-15-9-18(5-4-8-28)10-16(2)22(15)35-23-20-17(3)33(19-6-7-19)24(34)21(20)30-25(31-23)32-27-11-26(12-27,13-27)14-29/h4-5,9-10,17,19H,6-7,11-13H2,1-3H3,(H,30,31,32)/b5-4+/t17-,26?,27?/m1/s1. The molecule has 7 rings (SSSR count). The molecular weight excluding hydrogens is 440 g/mol. The first kappa shape index (κ1) is 21.6. The Bertz CT molecular complexity index is 1350. The predicted molar refractivity (Wildman–Crippen MR) is 129 cm³/mol. The van der Waals surface area contributed by atoms with E-state index in [1.165, 1.54) is 6.08 Å². The van der Waals surface area contributed by atoms with Gasteiger partial charge in [-0.25, -0.2) is 4.98 Å². The fourth-order valence-electron chi connectivity index (χ4n) is 6.14. The zero-order valence-electron chi connectivity index (χ0n) is 20.1. The number of hydrogen-bond donors (Lipinski definition) is 1. The van der Waals surface area contributed by atoms with Crippen LogP contribution in [0.1, 0.15) is 77.8 Å². The van der Waals surface area contributed by atoms with Crippen LogP contribution in [-0.2, 0) is 0 Å². The first-order valence-corrected chi connectivity index (χ1v) is 12.1. The molecule has 2 heterocycles. The summed E-state index contributed by atoms with van der Waals surface area (Å²) in [5, 5.41) is 21.6. The number of hydrogen-bond acceptors (Lipinski definition) is 7. The molecule has 0 spiro atoms. The van der Waals surface area contributed by atoms with E-state index in [9.17, 15) is 10.1 Å². The summed E-state index contributed by atoms with van der Waals surface area (Å²) in [6.45, 7) is 5.93. The Morgan fingerprint density at radius 2 is 1.86 bits per heavy atom. The molecular formula is C27H26N6O2. The Balaban J connectivity index is 1.38. The van der Waals surface area contributed by atoms with Gasteiger partial charge >= 0.3 is 0 Å². The van der Waals surface area contributed by atoms with E-state index in [-0.39, 0.29) is 28.9 Å². The highest BCUT2D eigenvalue weighted by molar-refractivity contribution is 5.98. The number of carbonyl (C=O) groups is 1. The lowest BCUT2D eigenvalue weighted by molar-refractivity contribution is -0.0665. The number of nitrogens with zero attached hydrogens (tertiary/aromatic N) is 5. The monoisotopic (exact) mass is 466 g/mol. The highest BCUT2D eigenvalue weighted by atomic mass is 16.5. The number of aromatic nitrogens is 2. The summed E-state index contributed by atoms with van der Waals surface area (Å²) >= 11 is 0.